The van der Waals surface area contributed by atoms with E-state index in [0.29, 0.717) is 0 Å². The fourth-order valence-corrected chi connectivity index (χ4v) is 1.61. The summed E-state index contributed by atoms with van der Waals surface area (Å²) < 4.78 is 4.84. The number of nitrogens with zero attached hydrogens (tertiary/aromatic N) is 1. The molecule has 0 aliphatic carbocycles. The summed E-state index contributed by atoms with van der Waals surface area (Å²) >= 11 is 11.2. The zero-order valence-electron chi connectivity index (χ0n) is 8.20. The molecule has 16 heavy (non-hydrogen) atoms. The molecule has 0 radical (unpaired) electrons. The van der Waals surface area contributed by atoms with E-state index in [-0.39, 0.29) is 27.9 Å². The van der Waals surface area contributed by atoms with Crippen LogP contribution in [0, 0.1) is 10.1 Å². The fraction of sp³-hybridized carbons (Fsp3) is 0.222. The van der Waals surface area contributed by atoms with E-state index in [1.807, 2.05) is 0 Å². The molecule has 0 aromatic heterocycles. The number of halogens is 2. The molecule has 0 atom stereocenters. The van der Waals surface area contributed by atoms with Crippen LogP contribution in [0.3, 0.4) is 0 Å². The van der Waals surface area contributed by atoms with Crippen LogP contribution in [0.4, 0.5) is 5.69 Å². The molecule has 0 saturated carbocycles. The van der Waals surface area contributed by atoms with Gasteiger partial charge in [0.1, 0.15) is 0 Å². The summed E-state index contributed by atoms with van der Waals surface area (Å²) in [5, 5.41) is 10.8. The van der Waals surface area contributed by atoms with Gasteiger partial charge in [-0.15, -0.1) is 11.6 Å². The Kier molecular flexibility index (Phi) is 4.09. The molecule has 7 heteroatoms. The number of rotatable bonds is 4. The molecule has 0 amide bonds. The number of carbonyl (C=O) groups excluding carboxylic acids is 1. The molecule has 0 aliphatic rings. The first-order valence-electron chi connectivity index (χ1n) is 4.13. The minimum Gasteiger partial charge on any atom is -0.490 e. The van der Waals surface area contributed by atoms with Gasteiger partial charge in [-0.25, -0.2) is 0 Å². The van der Waals surface area contributed by atoms with Gasteiger partial charge in [0.05, 0.1) is 28.5 Å². The molecule has 0 spiro atoms. The number of methoxy groups -OCH3 is 1. The second-order valence-electron chi connectivity index (χ2n) is 2.79. The summed E-state index contributed by atoms with van der Waals surface area (Å²) in [6.45, 7) is 0. The second-order valence-corrected chi connectivity index (χ2v) is 3.46. The fourth-order valence-electron chi connectivity index (χ4n) is 1.22. The standard InChI is InChI=1S/C9H7Cl2NO4/c1-16-9-6(12(14)15)3-2-5(11)8(9)7(13)4-10/h2-3H,4H2,1H3. The van der Waals surface area contributed by atoms with E-state index < -0.39 is 10.7 Å². The summed E-state index contributed by atoms with van der Waals surface area (Å²) in [7, 11) is 1.23. The quantitative estimate of drug-likeness (QED) is 0.363. The summed E-state index contributed by atoms with van der Waals surface area (Å²) in [5.41, 5.74) is -0.381. The second kappa shape index (κ2) is 5.14. The van der Waals surface area contributed by atoms with E-state index in [4.69, 9.17) is 27.9 Å². The Morgan fingerprint density at radius 2 is 2.19 bits per heavy atom. The summed E-state index contributed by atoms with van der Waals surface area (Å²) in [6, 6.07) is 2.44. The summed E-state index contributed by atoms with van der Waals surface area (Å²) in [6.07, 6.45) is 0. The number of carbonyl (C=O) groups is 1. The maximum absolute atomic E-state index is 11.5. The maximum atomic E-state index is 11.5. The maximum Gasteiger partial charge on any atom is 0.311 e. The van der Waals surface area contributed by atoms with Crippen LogP contribution < -0.4 is 4.74 Å². The number of ether oxygens (including phenoxy) is 1. The van der Waals surface area contributed by atoms with Crippen molar-refractivity contribution in [2.24, 2.45) is 0 Å². The van der Waals surface area contributed by atoms with E-state index in [0.717, 1.165) is 0 Å². The van der Waals surface area contributed by atoms with Gasteiger partial charge in [-0.2, -0.15) is 0 Å². The van der Waals surface area contributed by atoms with Crippen molar-refractivity contribution in [3.8, 4) is 5.75 Å². The van der Waals surface area contributed by atoms with Gasteiger partial charge in [0.2, 0.25) is 5.75 Å². The van der Waals surface area contributed by atoms with Crippen molar-refractivity contribution in [2.45, 2.75) is 0 Å². The van der Waals surface area contributed by atoms with Gasteiger partial charge < -0.3 is 4.74 Å². The lowest BCUT2D eigenvalue weighted by Crippen LogP contribution is -2.06. The summed E-state index contributed by atoms with van der Waals surface area (Å²) in [5.74, 6) is -1.01. The predicted octanol–water partition coefficient (Wildman–Crippen LogP) is 2.68. The topological polar surface area (TPSA) is 69.4 Å². The first-order valence-corrected chi connectivity index (χ1v) is 5.04. The zero-order chi connectivity index (χ0) is 12.3. The molecule has 5 nitrogen and oxygen atoms in total. The van der Waals surface area contributed by atoms with E-state index in [9.17, 15) is 14.9 Å². The van der Waals surface area contributed by atoms with Crippen molar-refractivity contribution in [3.63, 3.8) is 0 Å². The lowest BCUT2D eigenvalue weighted by atomic mass is 10.1. The van der Waals surface area contributed by atoms with Crippen molar-refractivity contribution in [1.29, 1.82) is 0 Å². The monoisotopic (exact) mass is 263 g/mol. The number of benzene rings is 1. The molecule has 1 aromatic rings. The smallest absolute Gasteiger partial charge is 0.311 e. The first-order chi connectivity index (χ1) is 7.52. The molecule has 1 aromatic carbocycles. The van der Waals surface area contributed by atoms with Gasteiger partial charge in [-0.1, -0.05) is 11.6 Å². The minimum absolute atomic E-state index is 0.0617. The largest absolute Gasteiger partial charge is 0.490 e. The Morgan fingerprint density at radius 3 is 2.62 bits per heavy atom. The van der Waals surface area contributed by atoms with Crippen LogP contribution in [-0.2, 0) is 0 Å². The van der Waals surface area contributed by atoms with E-state index in [1.54, 1.807) is 0 Å². The van der Waals surface area contributed by atoms with Gasteiger partial charge in [0.25, 0.3) is 0 Å². The number of alkyl halides is 1. The van der Waals surface area contributed by atoms with Crippen LogP contribution in [-0.4, -0.2) is 23.7 Å². The highest BCUT2D eigenvalue weighted by Gasteiger charge is 2.25. The lowest BCUT2D eigenvalue weighted by molar-refractivity contribution is -0.385. The molecule has 0 bridgehead atoms. The predicted molar refractivity (Wildman–Crippen MR) is 59.7 cm³/mol. The highest BCUT2D eigenvalue weighted by molar-refractivity contribution is 6.38. The van der Waals surface area contributed by atoms with Gasteiger partial charge in [0, 0.05) is 6.07 Å². The number of nitro groups is 1. The van der Waals surface area contributed by atoms with Crippen LogP contribution in [0.15, 0.2) is 12.1 Å². The Bertz CT molecular complexity index is 447. The Labute approximate surface area is 101 Å². The van der Waals surface area contributed by atoms with Gasteiger partial charge in [-0.3, -0.25) is 14.9 Å². The molecule has 1 rings (SSSR count). The van der Waals surface area contributed by atoms with Crippen molar-refractivity contribution < 1.29 is 14.5 Å². The van der Waals surface area contributed by atoms with E-state index in [2.05, 4.69) is 0 Å². The van der Waals surface area contributed by atoms with E-state index >= 15 is 0 Å². The molecule has 0 N–H and O–H groups in total. The van der Waals surface area contributed by atoms with Gasteiger partial charge in [0.15, 0.2) is 5.78 Å². The van der Waals surface area contributed by atoms with Crippen LogP contribution in [0.25, 0.3) is 0 Å². The number of ketones is 1. The SMILES string of the molecule is COc1c([N+](=O)[O-])ccc(Cl)c1C(=O)CCl. The third-order valence-corrected chi connectivity index (χ3v) is 2.44. The molecule has 0 heterocycles. The summed E-state index contributed by atoms with van der Waals surface area (Å²) in [4.78, 5) is 21.5. The molecular weight excluding hydrogens is 257 g/mol. The first kappa shape index (κ1) is 12.7. The average Bonchev–Trinajstić information content (AvgIpc) is 2.26. The van der Waals surface area contributed by atoms with Crippen LogP contribution in [0.1, 0.15) is 10.4 Å². The highest BCUT2D eigenvalue weighted by Crippen LogP contribution is 2.35. The molecule has 0 unspecified atom stereocenters. The molecule has 0 aliphatic heterocycles. The molecule has 86 valence electrons. The van der Waals surface area contributed by atoms with Crippen molar-refractivity contribution in [3.05, 3.63) is 32.8 Å². The van der Waals surface area contributed by atoms with E-state index in [1.165, 1.54) is 19.2 Å². The Balaban J connectivity index is 3.50. The number of nitro benzene ring substituents is 1. The minimum atomic E-state index is -0.653. The molecule has 0 fully saturated rings. The lowest BCUT2D eigenvalue weighted by Gasteiger charge is -2.08. The van der Waals surface area contributed by atoms with Gasteiger partial charge >= 0.3 is 5.69 Å². The van der Waals surface area contributed by atoms with Crippen molar-refractivity contribution >= 4 is 34.7 Å². The average molecular weight is 264 g/mol. The molecule has 0 saturated heterocycles. The highest BCUT2D eigenvalue weighted by atomic mass is 35.5. The van der Waals surface area contributed by atoms with Gasteiger partial charge in [-0.05, 0) is 6.07 Å². The van der Waals surface area contributed by atoms with Crippen LogP contribution >= 0.6 is 23.2 Å². The Hall–Kier alpha value is -1.33. The third-order valence-electron chi connectivity index (χ3n) is 1.89. The van der Waals surface area contributed by atoms with Crippen LogP contribution in [0.2, 0.25) is 5.02 Å². The third kappa shape index (κ3) is 2.25. The van der Waals surface area contributed by atoms with Crippen LogP contribution in [0.5, 0.6) is 5.75 Å². The number of Topliss-reactive ketones (excluding diaryl/α,β-unsaturated/α-hetero) is 1. The number of hydrogen-bond donors (Lipinski definition) is 0. The normalized spacial score (nSPS) is 9.94. The van der Waals surface area contributed by atoms with Crippen molar-refractivity contribution in [1.82, 2.24) is 0 Å². The van der Waals surface area contributed by atoms with Crippen molar-refractivity contribution in [2.75, 3.05) is 13.0 Å². The molecular formula is C9H7Cl2NO4. The number of hydrogen-bond acceptors (Lipinski definition) is 4. The Morgan fingerprint density at radius 1 is 1.56 bits per heavy atom. The zero-order valence-corrected chi connectivity index (χ0v) is 9.71.